The number of amides is 1. The average molecular weight is 472 g/mol. The van der Waals surface area contributed by atoms with Crippen LogP contribution < -0.4 is 9.11 Å². The maximum atomic E-state index is 12.9. The monoisotopic (exact) mass is 471 g/mol. The van der Waals surface area contributed by atoms with Crippen LogP contribution in [0.3, 0.4) is 0 Å². The first-order valence-electron chi connectivity index (χ1n) is 9.26. The van der Waals surface area contributed by atoms with Crippen LogP contribution in [0.2, 0.25) is 5.02 Å². The van der Waals surface area contributed by atoms with E-state index in [9.17, 15) is 13.2 Å². The highest BCUT2D eigenvalue weighted by atomic mass is 35.5. The predicted molar refractivity (Wildman–Crippen MR) is 124 cm³/mol. The van der Waals surface area contributed by atoms with E-state index in [2.05, 4.69) is 4.99 Å². The minimum absolute atomic E-state index is 0.0922. The number of carbonyl (C=O) groups is 1. The third-order valence-electron chi connectivity index (χ3n) is 4.85. The number of carbonyl (C=O) groups excluding carboxylic acids is 1. The summed E-state index contributed by atoms with van der Waals surface area (Å²) in [5.41, 5.74) is 1.66. The normalized spacial score (nSPS) is 12.3. The third kappa shape index (κ3) is 4.01. The van der Waals surface area contributed by atoms with Crippen LogP contribution in [-0.4, -0.2) is 25.9 Å². The van der Waals surface area contributed by atoms with E-state index < -0.39 is 15.9 Å². The molecule has 0 aliphatic heterocycles. The molecule has 4 rings (SSSR count). The van der Waals surface area contributed by atoms with E-state index in [-0.39, 0.29) is 4.90 Å². The van der Waals surface area contributed by atoms with Gasteiger partial charge in [-0.1, -0.05) is 47.2 Å². The molecule has 0 saturated heterocycles. The lowest BCUT2D eigenvalue weighted by Crippen LogP contribution is -2.26. The number of para-hydroxylation sites is 2. The predicted octanol–water partition coefficient (Wildman–Crippen LogP) is 4.46. The Bertz CT molecular complexity index is 1440. The highest BCUT2D eigenvalue weighted by molar-refractivity contribution is 7.92. The summed E-state index contributed by atoms with van der Waals surface area (Å²) in [6.07, 6.45) is 0. The summed E-state index contributed by atoms with van der Waals surface area (Å²) in [5.74, 6) is -0.460. The van der Waals surface area contributed by atoms with Gasteiger partial charge in [0.05, 0.1) is 25.8 Å². The molecule has 0 unspecified atom stereocenters. The number of sulfonamides is 1. The summed E-state index contributed by atoms with van der Waals surface area (Å²) in [7, 11) is -0.458. The molecule has 0 spiro atoms. The molecule has 9 heteroatoms. The molecule has 0 radical (unpaired) electrons. The molecule has 0 N–H and O–H groups in total. The van der Waals surface area contributed by atoms with E-state index in [1.165, 1.54) is 47.0 Å². The third-order valence-corrected chi connectivity index (χ3v) is 8.05. The Morgan fingerprint density at radius 1 is 1.00 bits per heavy atom. The number of fused-ring (bicyclic) bond motifs is 1. The molecule has 0 aliphatic carbocycles. The Kier molecular flexibility index (Phi) is 5.70. The largest absolute Gasteiger partial charge is 0.318 e. The zero-order valence-electron chi connectivity index (χ0n) is 16.7. The summed E-state index contributed by atoms with van der Waals surface area (Å²) in [4.78, 5) is 17.5. The van der Waals surface area contributed by atoms with Crippen LogP contribution in [0.25, 0.3) is 10.2 Å². The second-order valence-corrected chi connectivity index (χ2v) is 10.2. The molecular weight excluding hydrogens is 454 g/mol. The number of benzene rings is 3. The molecule has 0 bridgehead atoms. The van der Waals surface area contributed by atoms with Gasteiger partial charge in [0.1, 0.15) is 0 Å². The van der Waals surface area contributed by atoms with Crippen molar-refractivity contribution in [3.63, 3.8) is 0 Å². The van der Waals surface area contributed by atoms with Crippen LogP contribution in [0, 0.1) is 0 Å². The number of anilines is 1. The summed E-state index contributed by atoms with van der Waals surface area (Å²) < 4.78 is 29.7. The molecule has 1 heterocycles. The van der Waals surface area contributed by atoms with E-state index in [1.54, 1.807) is 41.9 Å². The molecular formula is C22H18ClN3O3S2. The number of rotatable bonds is 4. The topological polar surface area (TPSA) is 71.7 Å². The number of hydrogen-bond acceptors (Lipinski definition) is 4. The zero-order valence-corrected chi connectivity index (χ0v) is 19.1. The maximum absolute atomic E-state index is 12.9. The van der Waals surface area contributed by atoms with Gasteiger partial charge in [0.25, 0.3) is 15.9 Å². The fourth-order valence-electron chi connectivity index (χ4n) is 3.12. The Balaban J connectivity index is 1.64. The van der Waals surface area contributed by atoms with Crippen molar-refractivity contribution in [2.45, 2.75) is 4.90 Å². The molecule has 1 amide bonds. The van der Waals surface area contributed by atoms with Crippen molar-refractivity contribution in [2.24, 2.45) is 12.0 Å². The van der Waals surface area contributed by atoms with Gasteiger partial charge in [-0.3, -0.25) is 9.10 Å². The van der Waals surface area contributed by atoms with Gasteiger partial charge in [0.2, 0.25) is 0 Å². The zero-order chi connectivity index (χ0) is 22.2. The highest BCUT2D eigenvalue weighted by Gasteiger charge is 2.21. The van der Waals surface area contributed by atoms with Crippen molar-refractivity contribution in [2.75, 3.05) is 11.4 Å². The van der Waals surface area contributed by atoms with Gasteiger partial charge in [-0.05, 0) is 48.5 Å². The van der Waals surface area contributed by atoms with Crippen molar-refractivity contribution in [3.05, 3.63) is 88.2 Å². The van der Waals surface area contributed by atoms with E-state index >= 15 is 0 Å². The second-order valence-electron chi connectivity index (χ2n) is 6.78. The molecule has 31 heavy (non-hydrogen) atoms. The molecule has 6 nitrogen and oxygen atoms in total. The smallest absolute Gasteiger partial charge is 0.279 e. The number of nitrogens with zero attached hydrogens (tertiary/aromatic N) is 3. The molecule has 4 aromatic rings. The Hall–Kier alpha value is -2.94. The number of halogens is 1. The summed E-state index contributed by atoms with van der Waals surface area (Å²) >= 11 is 7.62. The van der Waals surface area contributed by atoms with Gasteiger partial charge in [-0.2, -0.15) is 4.99 Å². The van der Waals surface area contributed by atoms with E-state index in [0.29, 0.717) is 21.1 Å². The van der Waals surface area contributed by atoms with Crippen LogP contribution in [0.4, 0.5) is 5.69 Å². The van der Waals surface area contributed by atoms with Crippen LogP contribution in [0.1, 0.15) is 10.4 Å². The molecule has 1 aromatic heterocycles. The Morgan fingerprint density at radius 3 is 2.32 bits per heavy atom. The van der Waals surface area contributed by atoms with Gasteiger partial charge < -0.3 is 4.57 Å². The van der Waals surface area contributed by atoms with Crippen LogP contribution in [-0.2, 0) is 17.1 Å². The molecule has 0 fully saturated rings. The molecule has 0 saturated carbocycles. The SMILES string of the molecule is CN(c1ccccc1)S(=O)(=O)c1ccc(C(=O)N=c2sc3cccc(Cl)c3n2C)cc1. The number of hydrogen-bond donors (Lipinski definition) is 0. The molecule has 0 aliphatic rings. The van der Waals surface area contributed by atoms with Gasteiger partial charge in [0.15, 0.2) is 4.80 Å². The first-order chi connectivity index (χ1) is 14.8. The second kappa shape index (κ2) is 8.30. The number of aromatic nitrogens is 1. The van der Waals surface area contributed by atoms with Gasteiger partial charge in [-0.25, -0.2) is 8.42 Å². The summed E-state index contributed by atoms with van der Waals surface area (Å²) in [5, 5.41) is 0.585. The molecule has 158 valence electrons. The van der Waals surface area contributed by atoms with Crippen molar-refractivity contribution in [1.29, 1.82) is 0 Å². The lowest BCUT2D eigenvalue weighted by atomic mass is 10.2. The van der Waals surface area contributed by atoms with E-state index in [1.807, 2.05) is 18.2 Å². The van der Waals surface area contributed by atoms with Crippen molar-refractivity contribution in [1.82, 2.24) is 4.57 Å². The van der Waals surface area contributed by atoms with Crippen molar-refractivity contribution in [3.8, 4) is 0 Å². The number of thiazole rings is 1. The van der Waals surface area contributed by atoms with E-state index in [4.69, 9.17) is 11.6 Å². The van der Waals surface area contributed by atoms with E-state index in [0.717, 1.165) is 10.2 Å². The fourth-order valence-corrected chi connectivity index (χ4v) is 5.72. The van der Waals surface area contributed by atoms with Crippen molar-refractivity contribution < 1.29 is 13.2 Å². The van der Waals surface area contributed by atoms with Gasteiger partial charge >= 0.3 is 0 Å². The molecule has 3 aromatic carbocycles. The lowest BCUT2D eigenvalue weighted by Gasteiger charge is -2.19. The van der Waals surface area contributed by atoms with Crippen LogP contribution in [0.15, 0.2) is 82.7 Å². The van der Waals surface area contributed by atoms with Gasteiger partial charge in [-0.15, -0.1) is 0 Å². The van der Waals surface area contributed by atoms with Crippen molar-refractivity contribution >= 4 is 54.8 Å². The fraction of sp³-hybridized carbons (Fsp3) is 0.0909. The standard InChI is InChI=1S/C22H18ClN3O3S2/c1-25-20-18(23)9-6-10-19(20)30-22(25)24-21(27)15-11-13-17(14-12-15)31(28,29)26(2)16-7-4-3-5-8-16/h3-14H,1-2H3. The highest BCUT2D eigenvalue weighted by Crippen LogP contribution is 2.25. The first-order valence-corrected chi connectivity index (χ1v) is 11.9. The minimum Gasteiger partial charge on any atom is -0.318 e. The Labute approximate surface area is 188 Å². The summed E-state index contributed by atoms with van der Waals surface area (Å²) in [6.45, 7) is 0. The number of aryl methyl sites for hydroxylation is 1. The Morgan fingerprint density at radius 2 is 1.68 bits per heavy atom. The quantitative estimate of drug-likeness (QED) is 0.441. The van der Waals surface area contributed by atoms with Gasteiger partial charge in [0, 0.05) is 19.7 Å². The van der Waals surface area contributed by atoms with Crippen LogP contribution >= 0.6 is 22.9 Å². The minimum atomic E-state index is -3.75. The first kappa shape index (κ1) is 21.3. The maximum Gasteiger partial charge on any atom is 0.279 e. The van der Waals surface area contributed by atoms with Crippen LogP contribution in [0.5, 0.6) is 0 Å². The lowest BCUT2D eigenvalue weighted by molar-refractivity contribution is 0.0998. The average Bonchev–Trinajstić information content (AvgIpc) is 3.10. The molecule has 0 atom stereocenters. The summed E-state index contributed by atoms with van der Waals surface area (Å²) in [6, 6.07) is 20.1.